The molecular formula is C10H12O3S. The number of aromatic hydroxyl groups is 2. The SMILES string of the molecule is Oc1ccc2c(c1O)CC(S)CC2O. The predicted molar refractivity (Wildman–Crippen MR) is 55.8 cm³/mol. The van der Waals surface area contributed by atoms with E-state index in [1.165, 1.54) is 6.07 Å². The summed E-state index contributed by atoms with van der Waals surface area (Å²) in [7, 11) is 0. The summed E-state index contributed by atoms with van der Waals surface area (Å²) >= 11 is 4.27. The average Bonchev–Trinajstić information content (AvgIpc) is 2.12. The third kappa shape index (κ3) is 1.44. The molecular weight excluding hydrogens is 200 g/mol. The summed E-state index contributed by atoms with van der Waals surface area (Å²) in [4.78, 5) is 0. The Balaban J connectivity index is 2.54. The molecule has 76 valence electrons. The highest BCUT2D eigenvalue weighted by Gasteiger charge is 2.26. The molecule has 0 saturated heterocycles. The fourth-order valence-corrected chi connectivity index (χ4v) is 2.25. The van der Waals surface area contributed by atoms with Gasteiger partial charge in [0.05, 0.1) is 6.10 Å². The Kier molecular flexibility index (Phi) is 2.33. The molecule has 0 saturated carbocycles. The zero-order valence-corrected chi connectivity index (χ0v) is 8.41. The lowest BCUT2D eigenvalue weighted by molar-refractivity contribution is 0.158. The Morgan fingerprint density at radius 1 is 1.29 bits per heavy atom. The van der Waals surface area contributed by atoms with E-state index < -0.39 is 6.10 Å². The van der Waals surface area contributed by atoms with E-state index in [4.69, 9.17) is 0 Å². The summed E-state index contributed by atoms with van der Waals surface area (Å²) in [5, 5.41) is 28.6. The summed E-state index contributed by atoms with van der Waals surface area (Å²) in [5.41, 5.74) is 1.31. The largest absolute Gasteiger partial charge is 0.504 e. The highest BCUT2D eigenvalue weighted by atomic mass is 32.1. The van der Waals surface area contributed by atoms with Crippen molar-refractivity contribution in [3.63, 3.8) is 0 Å². The normalized spacial score (nSPS) is 25.9. The van der Waals surface area contributed by atoms with E-state index in [9.17, 15) is 15.3 Å². The van der Waals surface area contributed by atoms with Crippen molar-refractivity contribution in [3.05, 3.63) is 23.3 Å². The molecule has 0 aromatic heterocycles. The van der Waals surface area contributed by atoms with Gasteiger partial charge >= 0.3 is 0 Å². The monoisotopic (exact) mass is 212 g/mol. The van der Waals surface area contributed by atoms with Crippen LogP contribution < -0.4 is 0 Å². The molecule has 2 atom stereocenters. The number of rotatable bonds is 0. The van der Waals surface area contributed by atoms with Crippen LogP contribution in [0.2, 0.25) is 0 Å². The number of benzene rings is 1. The van der Waals surface area contributed by atoms with Gasteiger partial charge in [0.1, 0.15) is 0 Å². The first-order valence-corrected chi connectivity index (χ1v) is 5.01. The molecule has 14 heavy (non-hydrogen) atoms. The van der Waals surface area contributed by atoms with Crippen LogP contribution in [-0.2, 0) is 6.42 Å². The standard InChI is InChI=1S/C10H12O3S/c11-8-2-1-6-7(10(8)13)3-5(14)4-9(6)12/h1-2,5,9,11-14H,3-4H2. The van der Waals surface area contributed by atoms with Gasteiger partial charge < -0.3 is 15.3 Å². The van der Waals surface area contributed by atoms with Crippen LogP contribution in [0.5, 0.6) is 11.5 Å². The van der Waals surface area contributed by atoms with E-state index in [1.807, 2.05) is 0 Å². The van der Waals surface area contributed by atoms with Crippen molar-refractivity contribution in [2.45, 2.75) is 24.2 Å². The predicted octanol–water partition coefficient (Wildman–Crippen LogP) is 1.38. The molecule has 0 fully saturated rings. The second-order valence-electron chi connectivity index (χ2n) is 3.61. The molecule has 0 radical (unpaired) electrons. The first kappa shape index (κ1) is 9.68. The molecule has 1 aliphatic rings. The molecule has 1 aliphatic carbocycles. The third-order valence-corrected chi connectivity index (χ3v) is 2.99. The van der Waals surface area contributed by atoms with Gasteiger partial charge in [-0.25, -0.2) is 0 Å². The molecule has 0 heterocycles. The summed E-state index contributed by atoms with van der Waals surface area (Å²) in [5.74, 6) is -0.265. The first-order chi connectivity index (χ1) is 6.59. The number of hydrogen-bond acceptors (Lipinski definition) is 4. The van der Waals surface area contributed by atoms with Crippen LogP contribution in [0.25, 0.3) is 0 Å². The number of fused-ring (bicyclic) bond motifs is 1. The van der Waals surface area contributed by atoms with Gasteiger partial charge in [-0.15, -0.1) is 0 Å². The van der Waals surface area contributed by atoms with Gasteiger partial charge in [-0.3, -0.25) is 0 Å². The van der Waals surface area contributed by atoms with E-state index in [0.717, 1.165) is 0 Å². The number of aliphatic hydroxyl groups is 1. The zero-order chi connectivity index (χ0) is 10.3. The molecule has 3 nitrogen and oxygen atoms in total. The molecule has 3 N–H and O–H groups in total. The van der Waals surface area contributed by atoms with Crippen LogP contribution in [-0.4, -0.2) is 20.6 Å². The Hall–Kier alpha value is -0.870. The van der Waals surface area contributed by atoms with E-state index in [-0.39, 0.29) is 16.7 Å². The molecule has 0 aliphatic heterocycles. The summed E-state index contributed by atoms with van der Waals surface area (Å²) in [6.45, 7) is 0. The number of hydrogen-bond donors (Lipinski definition) is 4. The fourth-order valence-electron chi connectivity index (χ4n) is 1.87. The maximum Gasteiger partial charge on any atom is 0.161 e. The van der Waals surface area contributed by atoms with Crippen LogP contribution in [0, 0.1) is 0 Å². The minimum absolute atomic E-state index is 0.0326. The van der Waals surface area contributed by atoms with Crippen LogP contribution >= 0.6 is 12.6 Å². The molecule has 1 aromatic rings. The van der Waals surface area contributed by atoms with Gasteiger partial charge in [-0.2, -0.15) is 12.6 Å². The van der Waals surface area contributed by atoms with E-state index >= 15 is 0 Å². The number of phenolic OH excluding ortho intramolecular Hbond substituents is 2. The number of aliphatic hydroxyl groups excluding tert-OH is 1. The summed E-state index contributed by atoms with van der Waals surface area (Å²) in [6, 6.07) is 3.05. The Morgan fingerprint density at radius 3 is 2.71 bits per heavy atom. The second kappa shape index (κ2) is 3.37. The van der Waals surface area contributed by atoms with Crippen molar-refractivity contribution in [2.24, 2.45) is 0 Å². The Labute approximate surface area is 87.4 Å². The highest BCUT2D eigenvalue weighted by molar-refractivity contribution is 7.80. The average molecular weight is 212 g/mol. The van der Waals surface area contributed by atoms with Crippen molar-refractivity contribution in [3.8, 4) is 11.5 Å². The Bertz CT molecular complexity index is 365. The highest BCUT2D eigenvalue weighted by Crippen LogP contribution is 2.40. The Morgan fingerprint density at radius 2 is 2.00 bits per heavy atom. The molecule has 0 spiro atoms. The van der Waals surface area contributed by atoms with Gasteiger partial charge in [0, 0.05) is 10.8 Å². The minimum atomic E-state index is -0.590. The van der Waals surface area contributed by atoms with Crippen LogP contribution in [0.1, 0.15) is 23.7 Å². The van der Waals surface area contributed by atoms with Crippen molar-refractivity contribution in [1.29, 1.82) is 0 Å². The van der Waals surface area contributed by atoms with Crippen molar-refractivity contribution in [1.82, 2.24) is 0 Å². The zero-order valence-electron chi connectivity index (χ0n) is 7.51. The van der Waals surface area contributed by atoms with Gasteiger partial charge in [0.2, 0.25) is 0 Å². The lowest BCUT2D eigenvalue weighted by atomic mass is 9.88. The fraction of sp³-hybridized carbons (Fsp3) is 0.400. The van der Waals surface area contributed by atoms with Crippen molar-refractivity contribution in [2.75, 3.05) is 0 Å². The topological polar surface area (TPSA) is 60.7 Å². The molecule has 2 rings (SSSR count). The summed E-state index contributed by atoms with van der Waals surface area (Å²) < 4.78 is 0. The van der Waals surface area contributed by atoms with Gasteiger partial charge in [-0.1, -0.05) is 6.07 Å². The number of phenols is 2. The lowest BCUT2D eigenvalue weighted by Gasteiger charge is -2.26. The number of thiol groups is 1. The van der Waals surface area contributed by atoms with Gasteiger partial charge in [0.15, 0.2) is 11.5 Å². The molecule has 1 aromatic carbocycles. The smallest absolute Gasteiger partial charge is 0.161 e. The minimum Gasteiger partial charge on any atom is -0.504 e. The second-order valence-corrected chi connectivity index (χ2v) is 4.34. The van der Waals surface area contributed by atoms with Crippen LogP contribution in [0.3, 0.4) is 0 Å². The maximum absolute atomic E-state index is 9.71. The first-order valence-electron chi connectivity index (χ1n) is 4.49. The van der Waals surface area contributed by atoms with Crippen LogP contribution in [0.15, 0.2) is 12.1 Å². The van der Waals surface area contributed by atoms with Crippen molar-refractivity contribution >= 4 is 12.6 Å². The molecule has 0 bridgehead atoms. The maximum atomic E-state index is 9.71. The molecule has 4 heteroatoms. The van der Waals surface area contributed by atoms with Gasteiger partial charge in [0.25, 0.3) is 0 Å². The lowest BCUT2D eigenvalue weighted by Crippen LogP contribution is -2.18. The van der Waals surface area contributed by atoms with Crippen molar-refractivity contribution < 1.29 is 15.3 Å². The van der Waals surface area contributed by atoms with E-state index in [1.54, 1.807) is 6.07 Å². The summed E-state index contributed by atoms with van der Waals surface area (Å²) in [6.07, 6.45) is 0.573. The molecule has 2 unspecified atom stereocenters. The quantitative estimate of drug-likeness (QED) is 0.388. The van der Waals surface area contributed by atoms with E-state index in [2.05, 4.69) is 12.6 Å². The third-order valence-electron chi connectivity index (χ3n) is 2.59. The van der Waals surface area contributed by atoms with Gasteiger partial charge in [-0.05, 0) is 24.5 Å². The van der Waals surface area contributed by atoms with Crippen LogP contribution in [0.4, 0.5) is 0 Å². The molecule has 0 amide bonds. The van der Waals surface area contributed by atoms with E-state index in [0.29, 0.717) is 24.0 Å².